The molecule has 0 fully saturated rings. The Hall–Kier alpha value is -2.66. The number of hydrogen-bond donors (Lipinski definition) is 2. The predicted octanol–water partition coefficient (Wildman–Crippen LogP) is 2.87. The average molecular weight is 309 g/mol. The topological polar surface area (TPSA) is 81.2 Å². The van der Waals surface area contributed by atoms with Crippen molar-refractivity contribution in [1.82, 2.24) is 10.5 Å². The maximum Gasteiger partial charge on any atom is 0.257 e. The van der Waals surface area contributed by atoms with Crippen LogP contribution in [-0.2, 0) is 0 Å². The second-order valence-corrected chi connectivity index (χ2v) is 5.57. The van der Waals surface area contributed by atoms with E-state index in [1.54, 1.807) is 13.8 Å². The van der Waals surface area contributed by atoms with Gasteiger partial charge in [-0.15, -0.1) is 0 Å². The molecule has 0 radical (unpaired) electrons. The molecule has 3 N–H and O–H groups in total. The van der Waals surface area contributed by atoms with E-state index in [0.717, 1.165) is 16.3 Å². The summed E-state index contributed by atoms with van der Waals surface area (Å²) in [5, 5.41) is 9.06. The molecule has 3 aromatic rings. The molecule has 0 aliphatic carbocycles. The Labute approximate surface area is 134 Å². The van der Waals surface area contributed by atoms with Crippen molar-refractivity contribution in [2.45, 2.75) is 19.9 Å². The van der Waals surface area contributed by atoms with Crippen LogP contribution < -0.4 is 11.1 Å². The summed E-state index contributed by atoms with van der Waals surface area (Å²) in [6.45, 7) is 3.79. The maximum absolute atomic E-state index is 12.5. The average Bonchev–Trinajstić information content (AvgIpc) is 2.90. The number of nitrogens with one attached hydrogen (secondary N) is 1. The van der Waals surface area contributed by atoms with Crippen LogP contribution in [0.3, 0.4) is 0 Å². The van der Waals surface area contributed by atoms with Crippen LogP contribution in [-0.4, -0.2) is 17.6 Å². The largest absolute Gasteiger partial charge is 0.361 e. The first-order valence-electron chi connectivity index (χ1n) is 7.52. The Bertz CT molecular complexity index is 835. The smallest absolute Gasteiger partial charge is 0.257 e. The van der Waals surface area contributed by atoms with Gasteiger partial charge in [-0.1, -0.05) is 41.6 Å². The Kier molecular flexibility index (Phi) is 4.12. The monoisotopic (exact) mass is 309 g/mol. The highest BCUT2D eigenvalue weighted by Crippen LogP contribution is 2.21. The van der Waals surface area contributed by atoms with E-state index >= 15 is 0 Å². The highest BCUT2D eigenvalue weighted by atomic mass is 16.5. The van der Waals surface area contributed by atoms with Gasteiger partial charge >= 0.3 is 0 Å². The van der Waals surface area contributed by atoms with Crippen molar-refractivity contribution in [3.63, 3.8) is 0 Å². The van der Waals surface area contributed by atoms with Crippen molar-refractivity contribution in [2.75, 3.05) is 6.54 Å². The van der Waals surface area contributed by atoms with Gasteiger partial charge in [0.1, 0.15) is 11.3 Å². The lowest BCUT2D eigenvalue weighted by molar-refractivity contribution is 0.0936. The van der Waals surface area contributed by atoms with Crippen LogP contribution in [0, 0.1) is 13.8 Å². The zero-order chi connectivity index (χ0) is 16.4. The van der Waals surface area contributed by atoms with Gasteiger partial charge in [-0.05, 0) is 36.2 Å². The summed E-state index contributed by atoms with van der Waals surface area (Å²) >= 11 is 0. The van der Waals surface area contributed by atoms with Crippen LogP contribution in [0.25, 0.3) is 10.8 Å². The summed E-state index contributed by atoms with van der Waals surface area (Å²) in [4.78, 5) is 12.5. The summed E-state index contributed by atoms with van der Waals surface area (Å²) in [7, 11) is 0. The molecule has 1 unspecified atom stereocenters. The van der Waals surface area contributed by atoms with Gasteiger partial charge < -0.3 is 15.6 Å². The molecule has 5 nitrogen and oxygen atoms in total. The number of carbonyl (C=O) groups is 1. The molecule has 0 aliphatic heterocycles. The molecular formula is C18H19N3O2. The van der Waals surface area contributed by atoms with Crippen LogP contribution in [0.2, 0.25) is 0 Å². The van der Waals surface area contributed by atoms with Crippen molar-refractivity contribution in [3.8, 4) is 0 Å². The summed E-state index contributed by atoms with van der Waals surface area (Å²) in [5.74, 6) is 0.291. The van der Waals surface area contributed by atoms with E-state index in [1.807, 2.05) is 30.3 Å². The van der Waals surface area contributed by atoms with E-state index in [9.17, 15) is 4.79 Å². The summed E-state index contributed by atoms with van der Waals surface area (Å²) in [5.41, 5.74) is 7.91. The molecule has 5 heteroatoms. The van der Waals surface area contributed by atoms with Crippen LogP contribution in [0.4, 0.5) is 0 Å². The number of rotatable bonds is 4. The number of nitrogens with two attached hydrogens (primary N) is 1. The fraction of sp³-hybridized carbons (Fsp3) is 0.222. The molecule has 0 bridgehead atoms. The lowest BCUT2D eigenvalue weighted by Crippen LogP contribution is -2.33. The Morgan fingerprint density at radius 3 is 2.61 bits per heavy atom. The van der Waals surface area contributed by atoms with E-state index in [0.29, 0.717) is 23.6 Å². The van der Waals surface area contributed by atoms with Gasteiger partial charge in [0, 0.05) is 6.54 Å². The van der Waals surface area contributed by atoms with E-state index in [2.05, 4.69) is 22.6 Å². The van der Waals surface area contributed by atoms with Gasteiger partial charge in [-0.3, -0.25) is 4.79 Å². The highest BCUT2D eigenvalue weighted by molar-refractivity contribution is 5.96. The molecule has 2 aromatic carbocycles. The molecule has 1 aromatic heterocycles. The number of aromatic nitrogens is 1. The Balaban J connectivity index is 1.88. The second kappa shape index (κ2) is 6.22. The highest BCUT2D eigenvalue weighted by Gasteiger charge is 2.21. The standard InChI is InChI=1S/C18H19N3O2/c1-11-17(12(2)23-21-11)18(22)20-16(10-19)15-8-7-13-5-3-4-6-14(13)9-15/h3-9,16H,10,19H2,1-2H3,(H,20,22). The molecular weight excluding hydrogens is 290 g/mol. The van der Waals surface area contributed by atoms with Gasteiger partial charge in [-0.25, -0.2) is 0 Å². The SMILES string of the molecule is Cc1noc(C)c1C(=O)NC(CN)c1ccc2ccccc2c1. The minimum Gasteiger partial charge on any atom is -0.361 e. The fourth-order valence-corrected chi connectivity index (χ4v) is 2.74. The van der Waals surface area contributed by atoms with E-state index in [1.165, 1.54) is 0 Å². The van der Waals surface area contributed by atoms with Crippen molar-refractivity contribution in [1.29, 1.82) is 0 Å². The molecule has 0 saturated carbocycles. The normalized spacial score (nSPS) is 12.3. The van der Waals surface area contributed by atoms with Gasteiger partial charge in [0.05, 0.1) is 11.7 Å². The molecule has 1 heterocycles. The maximum atomic E-state index is 12.5. The Morgan fingerprint density at radius 1 is 1.22 bits per heavy atom. The minimum atomic E-state index is -0.263. The third kappa shape index (κ3) is 2.96. The number of fused-ring (bicyclic) bond motifs is 1. The predicted molar refractivity (Wildman–Crippen MR) is 89.2 cm³/mol. The van der Waals surface area contributed by atoms with Crippen molar-refractivity contribution >= 4 is 16.7 Å². The number of hydrogen-bond acceptors (Lipinski definition) is 4. The first kappa shape index (κ1) is 15.2. The minimum absolute atomic E-state index is 0.218. The van der Waals surface area contributed by atoms with E-state index < -0.39 is 0 Å². The number of amides is 1. The van der Waals surface area contributed by atoms with Crippen LogP contribution >= 0.6 is 0 Å². The first-order valence-corrected chi connectivity index (χ1v) is 7.52. The molecule has 1 amide bonds. The third-order valence-electron chi connectivity index (χ3n) is 3.98. The lowest BCUT2D eigenvalue weighted by atomic mass is 10.0. The van der Waals surface area contributed by atoms with Crippen LogP contribution in [0.5, 0.6) is 0 Å². The van der Waals surface area contributed by atoms with Gasteiger partial charge in [-0.2, -0.15) is 0 Å². The van der Waals surface area contributed by atoms with Crippen LogP contribution in [0.15, 0.2) is 47.0 Å². The molecule has 0 aliphatic rings. The Morgan fingerprint density at radius 2 is 1.96 bits per heavy atom. The molecule has 0 spiro atoms. The molecule has 1 atom stereocenters. The summed E-state index contributed by atoms with van der Waals surface area (Å²) in [6.07, 6.45) is 0. The number of nitrogens with zero attached hydrogens (tertiary/aromatic N) is 1. The van der Waals surface area contributed by atoms with Crippen molar-refractivity contribution in [3.05, 3.63) is 65.0 Å². The van der Waals surface area contributed by atoms with Gasteiger partial charge in [0.15, 0.2) is 0 Å². The molecule has 3 rings (SSSR count). The van der Waals surface area contributed by atoms with Gasteiger partial charge in [0.25, 0.3) is 5.91 Å². The zero-order valence-corrected chi connectivity index (χ0v) is 13.2. The summed E-state index contributed by atoms with van der Waals surface area (Å²) in [6, 6.07) is 13.9. The number of carbonyl (C=O) groups excluding carboxylic acids is 1. The van der Waals surface area contributed by atoms with Crippen molar-refractivity contribution < 1.29 is 9.32 Å². The molecule has 23 heavy (non-hydrogen) atoms. The van der Waals surface area contributed by atoms with E-state index in [4.69, 9.17) is 10.3 Å². The van der Waals surface area contributed by atoms with E-state index in [-0.39, 0.29) is 11.9 Å². The second-order valence-electron chi connectivity index (χ2n) is 5.57. The number of benzene rings is 2. The fourth-order valence-electron chi connectivity index (χ4n) is 2.74. The summed E-state index contributed by atoms with van der Waals surface area (Å²) < 4.78 is 5.05. The zero-order valence-electron chi connectivity index (χ0n) is 13.2. The van der Waals surface area contributed by atoms with Gasteiger partial charge in [0.2, 0.25) is 0 Å². The molecule has 0 saturated heterocycles. The first-order chi connectivity index (χ1) is 11.1. The third-order valence-corrected chi connectivity index (χ3v) is 3.98. The lowest BCUT2D eigenvalue weighted by Gasteiger charge is -2.18. The molecule has 118 valence electrons. The quantitative estimate of drug-likeness (QED) is 0.776. The van der Waals surface area contributed by atoms with Crippen molar-refractivity contribution in [2.24, 2.45) is 5.73 Å². The van der Waals surface area contributed by atoms with Crippen LogP contribution in [0.1, 0.15) is 33.4 Å². The number of aryl methyl sites for hydroxylation is 2.